The van der Waals surface area contributed by atoms with Gasteiger partial charge in [0.2, 0.25) is 0 Å². The Bertz CT molecular complexity index is 560. The van der Waals surface area contributed by atoms with E-state index in [1.54, 1.807) is 13.1 Å². The summed E-state index contributed by atoms with van der Waals surface area (Å²) in [7, 11) is 1.68. The Balaban J connectivity index is 2.54. The Morgan fingerprint density at radius 2 is 1.84 bits per heavy atom. The first-order chi connectivity index (χ1) is 8.95. The van der Waals surface area contributed by atoms with Crippen LogP contribution in [0.2, 0.25) is 0 Å². The lowest BCUT2D eigenvalue weighted by molar-refractivity contribution is -0.138. The second kappa shape index (κ2) is 5.35. The second-order valence-corrected chi connectivity index (χ2v) is 5.22. The highest BCUT2D eigenvalue weighted by atomic mass is 32.1. The van der Waals surface area contributed by atoms with Crippen molar-refractivity contribution in [2.24, 2.45) is 0 Å². The maximum atomic E-state index is 13.1. The normalized spacial score (nSPS) is 13.5. The van der Waals surface area contributed by atoms with Crippen molar-refractivity contribution >= 4 is 11.3 Å². The van der Waals surface area contributed by atoms with Crippen LogP contribution >= 0.6 is 11.3 Å². The fraction of sp³-hybridized carbons (Fsp3) is 0.286. The molecule has 0 amide bonds. The van der Waals surface area contributed by atoms with Gasteiger partial charge in [-0.15, -0.1) is 11.3 Å². The summed E-state index contributed by atoms with van der Waals surface area (Å²) >= 11 is 1.47. The highest BCUT2D eigenvalue weighted by molar-refractivity contribution is 7.10. The molecule has 0 aliphatic heterocycles. The summed E-state index contributed by atoms with van der Waals surface area (Å²) in [5.74, 6) is 0. The van der Waals surface area contributed by atoms with Gasteiger partial charge in [0, 0.05) is 4.88 Å². The number of nitrogens with one attached hydrogen (secondary N) is 1. The molecule has 0 bridgehead atoms. The molecule has 0 spiro atoms. The molecule has 1 nitrogen and oxygen atoms in total. The second-order valence-electron chi connectivity index (χ2n) is 4.27. The van der Waals surface area contributed by atoms with E-state index in [1.807, 2.05) is 18.4 Å². The monoisotopic (exact) mass is 285 g/mol. The Hall–Kier alpha value is -1.33. The number of aryl methyl sites for hydroxylation is 1. The maximum Gasteiger partial charge on any atom is 0.416 e. The average Bonchev–Trinajstić information content (AvgIpc) is 2.76. The lowest BCUT2D eigenvalue weighted by Crippen LogP contribution is -2.21. The summed E-state index contributed by atoms with van der Waals surface area (Å²) in [5, 5.41) is 4.88. The molecule has 0 aliphatic carbocycles. The molecule has 2 aromatic rings. The van der Waals surface area contributed by atoms with Crippen molar-refractivity contribution in [3.8, 4) is 0 Å². The minimum Gasteiger partial charge on any atom is -0.309 e. The summed E-state index contributed by atoms with van der Waals surface area (Å²) in [5.41, 5.74) is 0.687. The fourth-order valence-corrected chi connectivity index (χ4v) is 3.17. The summed E-state index contributed by atoms with van der Waals surface area (Å²) in [4.78, 5) is 0.916. The molecule has 1 atom stereocenters. The van der Waals surface area contributed by atoms with Crippen LogP contribution in [0.3, 0.4) is 0 Å². The SMILES string of the molecule is CNC(c1ccccc1C(F)(F)F)c1sccc1C. The smallest absolute Gasteiger partial charge is 0.309 e. The molecule has 0 saturated carbocycles. The van der Waals surface area contributed by atoms with Crippen LogP contribution in [0.5, 0.6) is 0 Å². The average molecular weight is 285 g/mol. The Morgan fingerprint density at radius 1 is 1.16 bits per heavy atom. The molecule has 0 radical (unpaired) electrons. The van der Waals surface area contributed by atoms with Crippen LogP contribution in [-0.2, 0) is 6.18 Å². The molecule has 0 aliphatic rings. The molecule has 1 N–H and O–H groups in total. The number of alkyl halides is 3. The topological polar surface area (TPSA) is 12.0 Å². The third-order valence-electron chi connectivity index (χ3n) is 3.03. The zero-order valence-corrected chi connectivity index (χ0v) is 11.4. The van der Waals surface area contributed by atoms with Crippen molar-refractivity contribution < 1.29 is 13.2 Å². The van der Waals surface area contributed by atoms with Gasteiger partial charge >= 0.3 is 6.18 Å². The van der Waals surface area contributed by atoms with Gasteiger partial charge in [0.15, 0.2) is 0 Å². The van der Waals surface area contributed by atoms with Crippen LogP contribution in [0, 0.1) is 6.92 Å². The minimum atomic E-state index is -4.34. The lowest BCUT2D eigenvalue weighted by atomic mass is 9.97. The quantitative estimate of drug-likeness (QED) is 0.882. The van der Waals surface area contributed by atoms with Gasteiger partial charge in [-0.2, -0.15) is 13.2 Å². The van der Waals surface area contributed by atoms with E-state index in [2.05, 4.69) is 5.32 Å². The molecule has 0 saturated heterocycles. The van der Waals surface area contributed by atoms with Gasteiger partial charge in [0.1, 0.15) is 0 Å². The van der Waals surface area contributed by atoms with Crippen LogP contribution in [0.1, 0.15) is 27.6 Å². The predicted molar refractivity (Wildman–Crippen MR) is 71.4 cm³/mol. The van der Waals surface area contributed by atoms with Crippen molar-refractivity contribution in [1.29, 1.82) is 0 Å². The first-order valence-electron chi connectivity index (χ1n) is 5.82. The summed E-state index contributed by atoms with van der Waals surface area (Å²) in [6, 6.07) is 7.20. The molecule has 0 fully saturated rings. The number of thiophene rings is 1. The van der Waals surface area contributed by atoms with Crippen molar-refractivity contribution in [3.63, 3.8) is 0 Å². The van der Waals surface area contributed by atoms with Gasteiger partial charge in [0.05, 0.1) is 11.6 Å². The Labute approximate surface area is 114 Å². The highest BCUT2D eigenvalue weighted by Crippen LogP contribution is 2.38. The molecular weight excluding hydrogens is 271 g/mol. The van der Waals surface area contributed by atoms with Gasteiger partial charge in [-0.3, -0.25) is 0 Å². The molecule has 1 unspecified atom stereocenters. The van der Waals surface area contributed by atoms with Crippen LogP contribution in [-0.4, -0.2) is 7.05 Å². The van der Waals surface area contributed by atoms with E-state index in [-0.39, 0.29) is 5.56 Å². The standard InChI is InChI=1S/C14H14F3NS/c1-9-7-8-19-13(9)12(18-2)10-5-3-4-6-11(10)14(15,16)17/h3-8,12,18H,1-2H3. The van der Waals surface area contributed by atoms with E-state index < -0.39 is 17.8 Å². The molecular formula is C14H14F3NS. The number of hydrogen-bond donors (Lipinski definition) is 1. The lowest BCUT2D eigenvalue weighted by Gasteiger charge is -2.21. The Kier molecular flexibility index (Phi) is 3.96. The van der Waals surface area contributed by atoms with Crippen LogP contribution in [0.15, 0.2) is 35.7 Å². The van der Waals surface area contributed by atoms with E-state index in [0.717, 1.165) is 16.5 Å². The number of benzene rings is 1. The first kappa shape index (κ1) is 14.1. The van der Waals surface area contributed by atoms with Crippen molar-refractivity contribution in [1.82, 2.24) is 5.32 Å². The van der Waals surface area contributed by atoms with Gasteiger partial charge < -0.3 is 5.32 Å². The zero-order chi connectivity index (χ0) is 14.0. The Morgan fingerprint density at radius 3 is 2.37 bits per heavy atom. The van der Waals surface area contributed by atoms with E-state index in [9.17, 15) is 13.2 Å². The highest BCUT2D eigenvalue weighted by Gasteiger charge is 2.35. The van der Waals surface area contributed by atoms with Crippen LogP contribution in [0.4, 0.5) is 13.2 Å². The predicted octanol–water partition coefficient (Wildman–Crippen LogP) is 4.38. The minimum absolute atomic E-state index is 0.267. The third-order valence-corrected chi connectivity index (χ3v) is 4.11. The molecule has 2 rings (SSSR count). The number of hydrogen-bond acceptors (Lipinski definition) is 2. The van der Waals surface area contributed by atoms with Crippen molar-refractivity contribution in [3.05, 3.63) is 57.3 Å². The van der Waals surface area contributed by atoms with Crippen LogP contribution < -0.4 is 5.32 Å². The van der Waals surface area contributed by atoms with Gasteiger partial charge in [-0.1, -0.05) is 18.2 Å². The van der Waals surface area contributed by atoms with Crippen molar-refractivity contribution in [2.45, 2.75) is 19.1 Å². The molecule has 1 aromatic heterocycles. The summed E-state index contributed by atoms with van der Waals surface area (Å²) in [6.45, 7) is 1.91. The molecule has 1 aromatic carbocycles. The van der Waals surface area contributed by atoms with E-state index in [1.165, 1.54) is 23.5 Å². The van der Waals surface area contributed by atoms with Gasteiger partial charge in [-0.05, 0) is 42.6 Å². The van der Waals surface area contributed by atoms with Crippen LogP contribution in [0.25, 0.3) is 0 Å². The van der Waals surface area contributed by atoms with Gasteiger partial charge in [-0.25, -0.2) is 0 Å². The van der Waals surface area contributed by atoms with Crippen molar-refractivity contribution in [2.75, 3.05) is 7.05 Å². The van der Waals surface area contributed by atoms with E-state index in [4.69, 9.17) is 0 Å². The summed E-state index contributed by atoms with van der Waals surface area (Å²) in [6.07, 6.45) is -4.34. The van der Waals surface area contributed by atoms with E-state index >= 15 is 0 Å². The third kappa shape index (κ3) is 2.82. The molecule has 102 valence electrons. The molecule has 1 heterocycles. The summed E-state index contributed by atoms with van der Waals surface area (Å²) < 4.78 is 39.2. The zero-order valence-electron chi connectivity index (χ0n) is 10.6. The number of rotatable bonds is 3. The van der Waals surface area contributed by atoms with E-state index in [0.29, 0.717) is 0 Å². The first-order valence-corrected chi connectivity index (χ1v) is 6.70. The maximum absolute atomic E-state index is 13.1. The molecule has 5 heteroatoms. The largest absolute Gasteiger partial charge is 0.416 e. The van der Waals surface area contributed by atoms with Gasteiger partial charge in [0.25, 0.3) is 0 Å². The molecule has 19 heavy (non-hydrogen) atoms. The fourth-order valence-electron chi connectivity index (χ4n) is 2.11. The number of halogens is 3.